The third kappa shape index (κ3) is 9.45. The molecule has 0 aromatic heterocycles. The molecule has 1 fully saturated rings. The van der Waals surface area contributed by atoms with Crippen LogP contribution in [0.2, 0.25) is 0 Å². The topological polar surface area (TPSA) is 39.7 Å². The van der Waals surface area contributed by atoms with Crippen LogP contribution in [0.5, 0.6) is 0 Å². The summed E-state index contributed by atoms with van der Waals surface area (Å²) in [5.41, 5.74) is 2.59. The second-order valence-corrected chi connectivity index (χ2v) is 6.80. The van der Waals surface area contributed by atoms with Crippen LogP contribution in [-0.4, -0.2) is 44.1 Å². The molecule has 4 nitrogen and oxygen atoms in total. The van der Waals surface area contributed by atoms with Crippen LogP contribution >= 0.6 is 24.0 Å². The van der Waals surface area contributed by atoms with Crippen molar-refractivity contribution in [3.05, 3.63) is 35.4 Å². The van der Waals surface area contributed by atoms with Gasteiger partial charge in [-0.2, -0.15) is 0 Å². The van der Waals surface area contributed by atoms with Crippen LogP contribution in [0.25, 0.3) is 0 Å². The zero-order valence-electron chi connectivity index (χ0n) is 15.9. The van der Waals surface area contributed by atoms with Crippen molar-refractivity contribution in [2.45, 2.75) is 52.0 Å². The van der Waals surface area contributed by atoms with Gasteiger partial charge in [-0.3, -0.25) is 4.99 Å². The summed E-state index contributed by atoms with van der Waals surface area (Å²) in [6.45, 7) is 7.84. The summed E-state index contributed by atoms with van der Waals surface area (Å²) in [5.74, 6) is 0.896. The van der Waals surface area contributed by atoms with Gasteiger partial charge in [0.1, 0.15) is 0 Å². The number of aryl methyl sites for hydroxylation is 1. The standard InChI is InChI=1S/C20H34N4.HI/c1-18-10-9-11-19(16-18)17-23-20(21-2)22-12-5-3-6-13-24-14-7-4-8-15-24;/h9-11,16H,3-8,12-15,17H2,1-2H3,(H2,21,22,23);1H. The highest BCUT2D eigenvalue weighted by Gasteiger charge is 2.08. The normalized spacial score (nSPS) is 15.5. The van der Waals surface area contributed by atoms with E-state index in [1.807, 2.05) is 7.05 Å². The van der Waals surface area contributed by atoms with E-state index < -0.39 is 0 Å². The zero-order chi connectivity index (χ0) is 17.0. The number of guanidine groups is 1. The Morgan fingerprint density at radius 3 is 2.60 bits per heavy atom. The van der Waals surface area contributed by atoms with Crippen molar-refractivity contribution in [3.63, 3.8) is 0 Å². The van der Waals surface area contributed by atoms with Gasteiger partial charge in [0.15, 0.2) is 5.96 Å². The van der Waals surface area contributed by atoms with Gasteiger partial charge >= 0.3 is 0 Å². The molecule has 0 bridgehead atoms. The molecule has 1 aliphatic rings. The van der Waals surface area contributed by atoms with Crippen molar-refractivity contribution >= 4 is 29.9 Å². The summed E-state index contributed by atoms with van der Waals surface area (Å²) in [6.07, 6.45) is 8.03. The largest absolute Gasteiger partial charge is 0.356 e. The monoisotopic (exact) mass is 458 g/mol. The van der Waals surface area contributed by atoms with Crippen LogP contribution < -0.4 is 10.6 Å². The number of halogens is 1. The molecule has 5 heteroatoms. The molecule has 1 heterocycles. The Morgan fingerprint density at radius 2 is 1.88 bits per heavy atom. The minimum Gasteiger partial charge on any atom is -0.356 e. The molecular formula is C20H35IN4. The molecule has 1 aromatic carbocycles. The van der Waals surface area contributed by atoms with Crippen LogP contribution in [0.4, 0.5) is 0 Å². The molecule has 1 aromatic rings. The summed E-state index contributed by atoms with van der Waals surface area (Å²) in [6, 6.07) is 8.58. The molecule has 0 unspecified atom stereocenters. The van der Waals surface area contributed by atoms with E-state index in [4.69, 9.17) is 0 Å². The zero-order valence-corrected chi connectivity index (χ0v) is 18.2. The van der Waals surface area contributed by atoms with Crippen molar-refractivity contribution in [3.8, 4) is 0 Å². The number of aliphatic imine (C=N–C) groups is 1. The maximum Gasteiger partial charge on any atom is 0.191 e. The average molecular weight is 458 g/mol. The van der Waals surface area contributed by atoms with E-state index in [-0.39, 0.29) is 24.0 Å². The van der Waals surface area contributed by atoms with Gasteiger partial charge in [0.2, 0.25) is 0 Å². The summed E-state index contributed by atoms with van der Waals surface area (Å²) in [7, 11) is 1.84. The van der Waals surface area contributed by atoms with E-state index in [0.717, 1.165) is 19.0 Å². The highest BCUT2D eigenvalue weighted by molar-refractivity contribution is 14.0. The Hall–Kier alpha value is -0.820. The maximum absolute atomic E-state index is 4.30. The van der Waals surface area contributed by atoms with Crippen LogP contribution in [0.1, 0.15) is 49.7 Å². The molecule has 0 amide bonds. The molecule has 0 saturated carbocycles. The van der Waals surface area contributed by atoms with Gasteiger partial charge in [0.05, 0.1) is 0 Å². The van der Waals surface area contributed by atoms with E-state index in [9.17, 15) is 0 Å². The molecule has 0 atom stereocenters. The average Bonchev–Trinajstić information content (AvgIpc) is 2.61. The molecule has 0 aliphatic carbocycles. The lowest BCUT2D eigenvalue weighted by atomic mass is 10.1. The lowest BCUT2D eigenvalue weighted by Crippen LogP contribution is -2.37. The van der Waals surface area contributed by atoms with Crippen LogP contribution in [0.15, 0.2) is 29.3 Å². The SMILES string of the molecule is CN=C(NCCCCCN1CCCCC1)NCc1cccc(C)c1.I. The lowest BCUT2D eigenvalue weighted by Gasteiger charge is -2.26. The van der Waals surface area contributed by atoms with Crippen molar-refractivity contribution in [2.24, 2.45) is 4.99 Å². The van der Waals surface area contributed by atoms with Gasteiger partial charge in [-0.15, -0.1) is 24.0 Å². The lowest BCUT2D eigenvalue weighted by molar-refractivity contribution is 0.224. The van der Waals surface area contributed by atoms with E-state index in [2.05, 4.69) is 51.7 Å². The number of nitrogens with one attached hydrogen (secondary N) is 2. The first kappa shape index (κ1) is 22.2. The van der Waals surface area contributed by atoms with Gasteiger partial charge in [0.25, 0.3) is 0 Å². The molecule has 2 rings (SSSR count). The molecule has 0 spiro atoms. The Morgan fingerprint density at radius 1 is 1.08 bits per heavy atom. The fourth-order valence-corrected chi connectivity index (χ4v) is 3.26. The molecule has 0 radical (unpaired) electrons. The second-order valence-electron chi connectivity index (χ2n) is 6.80. The summed E-state index contributed by atoms with van der Waals surface area (Å²) in [4.78, 5) is 6.93. The first-order valence-corrected chi connectivity index (χ1v) is 9.50. The number of rotatable bonds is 8. The highest BCUT2D eigenvalue weighted by Crippen LogP contribution is 2.09. The maximum atomic E-state index is 4.30. The molecule has 25 heavy (non-hydrogen) atoms. The molecule has 142 valence electrons. The summed E-state index contributed by atoms with van der Waals surface area (Å²) in [5, 5.41) is 6.80. The van der Waals surface area contributed by atoms with Gasteiger partial charge < -0.3 is 15.5 Å². The van der Waals surface area contributed by atoms with E-state index in [0.29, 0.717) is 0 Å². The number of piperidine rings is 1. The van der Waals surface area contributed by atoms with Crippen LogP contribution in [0, 0.1) is 6.92 Å². The smallest absolute Gasteiger partial charge is 0.191 e. The van der Waals surface area contributed by atoms with Gasteiger partial charge in [-0.25, -0.2) is 0 Å². The summed E-state index contributed by atoms with van der Waals surface area (Å²) >= 11 is 0. The van der Waals surface area contributed by atoms with Gasteiger partial charge in [0, 0.05) is 20.1 Å². The van der Waals surface area contributed by atoms with Crippen LogP contribution in [0.3, 0.4) is 0 Å². The first-order valence-electron chi connectivity index (χ1n) is 9.50. The number of unbranched alkanes of at least 4 members (excludes halogenated alkanes) is 2. The van der Waals surface area contributed by atoms with Crippen molar-refractivity contribution in [2.75, 3.05) is 33.2 Å². The Kier molecular flexibility index (Phi) is 11.9. The quantitative estimate of drug-likeness (QED) is 0.268. The Labute approximate surface area is 170 Å². The highest BCUT2D eigenvalue weighted by atomic mass is 127. The number of hydrogen-bond donors (Lipinski definition) is 2. The Balaban J connectivity index is 0.00000312. The van der Waals surface area contributed by atoms with E-state index >= 15 is 0 Å². The summed E-state index contributed by atoms with van der Waals surface area (Å²) < 4.78 is 0. The Bertz CT molecular complexity index is 498. The van der Waals surface area contributed by atoms with Gasteiger partial charge in [-0.05, 0) is 57.8 Å². The molecule has 1 aliphatic heterocycles. The van der Waals surface area contributed by atoms with Crippen molar-refractivity contribution < 1.29 is 0 Å². The fraction of sp³-hybridized carbons (Fsp3) is 0.650. The minimum absolute atomic E-state index is 0. The van der Waals surface area contributed by atoms with Crippen molar-refractivity contribution in [1.29, 1.82) is 0 Å². The third-order valence-corrected chi connectivity index (χ3v) is 4.66. The van der Waals surface area contributed by atoms with Crippen LogP contribution in [-0.2, 0) is 6.54 Å². The molecule has 1 saturated heterocycles. The molecular weight excluding hydrogens is 423 g/mol. The minimum atomic E-state index is 0. The third-order valence-electron chi connectivity index (χ3n) is 4.66. The number of hydrogen-bond acceptors (Lipinski definition) is 2. The predicted molar refractivity (Wildman–Crippen MR) is 119 cm³/mol. The van der Waals surface area contributed by atoms with E-state index in [1.54, 1.807) is 0 Å². The number of benzene rings is 1. The fourth-order valence-electron chi connectivity index (χ4n) is 3.26. The number of likely N-dealkylation sites (tertiary alicyclic amines) is 1. The van der Waals surface area contributed by atoms with Crippen molar-refractivity contribution in [1.82, 2.24) is 15.5 Å². The molecule has 2 N–H and O–H groups in total. The van der Waals surface area contributed by atoms with E-state index in [1.165, 1.54) is 69.3 Å². The first-order chi connectivity index (χ1) is 11.8. The second kappa shape index (κ2) is 13.4. The number of nitrogens with zero attached hydrogens (tertiary/aromatic N) is 2. The predicted octanol–water partition coefficient (Wildman–Crippen LogP) is 3.93. The van der Waals surface area contributed by atoms with Gasteiger partial charge in [-0.1, -0.05) is 42.7 Å².